The molecule has 0 spiro atoms. The maximum absolute atomic E-state index is 5.55. The summed E-state index contributed by atoms with van der Waals surface area (Å²) in [5.74, 6) is 6.94. The maximum Gasteiger partial charge on any atom is 0.208 e. The summed E-state index contributed by atoms with van der Waals surface area (Å²) in [4.78, 5) is 9.11. The van der Waals surface area contributed by atoms with E-state index in [1.165, 1.54) is 0 Å². The van der Waals surface area contributed by atoms with Crippen LogP contribution < -0.4 is 11.3 Å². The van der Waals surface area contributed by atoms with Crippen molar-refractivity contribution in [1.82, 2.24) is 15.2 Å². The van der Waals surface area contributed by atoms with Crippen LogP contribution in [0, 0.1) is 5.92 Å². The fraction of sp³-hybridized carbons (Fsp3) is 0.909. The lowest BCUT2D eigenvalue weighted by molar-refractivity contribution is 0.157. The van der Waals surface area contributed by atoms with Gasteiger partial charge in [0.05, 0.1) is 0 Å². The Labute approximate surface area is 98.7 Å². The number of likely N-dealkylation sites (N-methyl/N-ethyl adjacent to an activating group) is 1. The molecule has 0 amide bonds. The molecule has 94 valence electrons. The second kappa shape index (κ2) is 6.06. The summed E-state index contributed by atoms with van der Waals surface area (Å²) in [5, 5.41) is 0. The molecule has 0 aliphatic carbocycles. The highest BCUT2D eigenvalue weighted by molar-refractivity contribution is 5.79. The third-order valence-corrected chi connectivity index (χ3v) is 2.84. The zero-order valence-electron chi connectivity index (χ0n) is 10.9. The molecule has 5 heteroatoms. The fourth-order valence-corrected chi connectivity index (χ4v) is 1.94. The van der Waals surface area contributed by atoms with E-state index in [0.29, 0.717) is 12.0 Å². The van der Waals surface area contributed by atoms with Crippen LogP contribution in [0.25, 0.3) is 0 Å². The predicted octanol–water partition coefficient (Wildman–Crippen LogP) is 0.0976. The number of rotatable bonds is 2. The number of nitrogens with two attached hydrogens (primary N) is 1. The van der Waals surface area contributed by atoms with Gasteiger partial charge in [-0.3, -0.25) is 10.4 Å². The van der Waals surface area contributed by atoms with Crippen molar-refractivity contribution < 1.29 is 0 Å². The predicted molar refractivity (Wildman–Crippen MR) is 68.1 cm³/mol. The van der Waals surface area contributed by atoms with E-state index >= 15 is 0 Å². The van der Waals surface area contributed by atoms with Crippen LogP contribution >= 0.6 is 0 Å². The molecule has 1 saturated heterocycles. The van der Waals surface area contributed by atoms with E-state index < -0.39 is 0 Å². The summed E-state index contributed by atoms with van der Waals surface area (Å²) in [6.07, 6.45) is 0. The minimum Gasteiger partial charge on any atom is -0.337 e. The van der Waals surface area contributed by atoms with Crippen molar-refractivity contribution in [3.05, 3.63) is 0 Å². The van der Waals surface area contributed by atoms with Gasteiger partial charge in [-0.2, -0.15) is 0 Å². The topological polar surface area (TPSA) is 56.9 Å². The van der Waals surface area contributed by atoms with E-state index in [1.807, 2.05) is 0 Å². The zero-order chi connectivity index (χ0) is 12.1. The molecule has 0 aromatic rings. The molecule has 1 aliphatic heterocycles. The van der Waals surface area contributed by atoms with Crippen LogP contribution in [0.5, 0.6) is 0 Å². The first-order chi connectivity index (χ1) is 7.54. The first-order valence-corrected chi connectivity index (χ1v) is 6.00. The SMILES string of the molecule is CC(C)CN=C(NN)N1CCN(C)CC1C. The standard InChI is InChI=1S/C11H25N5/c1-9(2)7-13-11(14-12)16-6-5-15(4)8-10(16)3/h9-10H,5-8,12H2,1-4H3,(H,13,14). The molecule has 0 aromatic carbocycles. The van der Waals surface area contributed by atoms with Crippen LogP contribution in [0.3, 0.4) is 0 Å². The van der Waals surface area contributed by atoms with Gasteiger partial charge in [0.15, 0.2) is 0 Å². The van der Waals surface area contributed by atoms with Crippen molar-refractivity contribution in [2.24, 2.45) is 16.8 Å². The molecule has 3 N–H and O–H groups in total. The van der Waals surface area contributed by atoms with E-state index in [0.717, 1.165) is 32.1 Å². The van der Waals surface area contributed by atoms with Gasteiger partial charge in [-0.1, -0.05) is 13.8 Å². The van der Waals surface area contributed by atoms with Gasteiger partial charge in [0, 0.05) is 32.2 Å². The fourth-order valence-electron chi connectivity index (χ4n) is 1.94. The van der Waals surface area contributed by atoms with Crippen molar-refractivity contribution in [3.63, 3.8) is 0 Å². The molecule has 0 aromatic heterocycles. The number of piperazine rings is 1. The third-order valence-electron chi connectivity index (χ3n) is 2.84. The Balaban J connectivity index is 2.61. The monoisotopic (exact) mass is 227 g/mol. The first-order valence-electron chi connectivity index (χ1n) is 6.00. The largest absolute Gasteiger partial charge is 0.337 e. The normalized spacial score (nSPS) is 24.0. The highest BCUT2D eigenvalue weighted by Gasteiger charge is 2.23. The second-order valence-electron chi connectivity index (χ2n) is 5.01. The molecule has 1 heterocycles. The van der Waals surface area contributed by atoms with Crippen molar-refractivity contribution in [1.29, 1.82) is 0 Å². The molecule has 0 saturated carbocycles. The molecular weight excluding hydrogens is 202 g/mol. The maximum atomic E-state index is 5.55. The van der Waals surface area contributed by atoms with Crippen molar-refractivity contribution in [2.75, 3.05) is 33.2 Å². The van der Waals surface area contributed by atoms with Gasteiger partial charge in [0.25, 0.3) is 0 Å². The Morgan fingerprint density at radius 1 is 1.50 bits per heavy atom. The van der Waals surface area contributed by atoms with E-state index in [1.54, 1.807) is 0 Å². The molecule has 1 unspecified atom stereocenters. The van der Waals surface area contributed by atoms with Gasteiger partial charge in [-0.05, 0) is 19.9 Å². The highest BCUT2D eigenvalue weighted by atomic mass is 15.4. The van der Waals surface area contributed by atoms with E-state index in [9.17, 15) is 0 Å². The van der Waals surface area contributed by atoms with Crippen LogP contribution in [0.2, 0.25) is 0 Å². The number of hydrogen-bond acceptors (Lipinski definition) is 3. The van der Waals surface area contributed by atoms with Crippen LogP contribution in [-0.2, 0) is 0 Å². The van der Waals surface area contributed by atoms with Gasteiger partial charge >= 0.3 is 0 Å². The van der Waals surface area contributed by atoms with Gasteiger partial charge in [-0.25, -0.2) is 5.84 Å². The van der Waals surface area contributed by atoms with E-state index in [2.05, 4.69) is 48.0 Å². The van der Waals surface area contributed by atoms with Crippen molar-refractivity contribution >= 4 is 5.96 Å². The average molecular weight is 227 g/mol. The number of nitrogens with one attached hydrogen (secondary N) is 1. The van der Waals surface area contributed by atoms with Crippen LogP contribution in [0.15, 0.2) is 4.99 Å². The smallest absolute Gasteiger partial charge is 0.208 e. The first kappa shape index (κ1) is 13.3. The molecule has 1 atom stereocenters. The van der Waals surface area contributed by atoms with E-state index in [-0.39, 0.29) is 0 Å². The number of hydrazine groups is 1. The zero-order valence-corrected chi connectivity index (χ0v) is 10.9. The summed E-state index contributed by atoms with van der Waals surface area (Å²) in [7, 11) is 2.15. The van der Waals surface area contributed by atoms with Crippen LogP contribution in [-0.4, -0.2) is 55.0 Å². The molecule has 1 aliphatic rings. The number of hydrogen-bond donors (Lipinski definition) is 2. The molecular formula is C11H25N5. The van der Waals surface area contributed by atoms with Gasteiger partial charge in [0.1, 0.15) is 0 Å². The lowest BCUT2D eigenvalue weighted by Crippen LogP contribution is -2.57. The summed E-state index contributed by atoms with van der Waals surface area (Å²) < 4.78 is 0. The van der Waals surface area contributed by atoms with Crippen molar-refractivity contribution in [3.8, 4) is 0 Å². The molecule has 1 fully saturated rings. The summed E-state index contributed by atoms with van der Waals surface area (Å²) >= 11 is 0. The quantitative estimate of drug-likeness (QED) is 0.304. The number of nitrogens with zero attached hydrogens (tertiary/aromatic N) is 3. The minimum absolute atomic E-state index is 0.459. The summed E-state index contributed by atoms with van der Waals surface area (Å²) in [6, 6.07) is 0.459. The number of guanidine groups is 1. The summed E-state index contributed by atoms with van der Waals surface area (Å²) in [5.41, 5.74) is 2.73. The lowest BCUT2D eigenvalue weighted by atomic mass is 10.2. The van der Waals surface area contributed by atoms with E-state index in [4.69, 9.17) is 5.84 Å². The molecule has 0 bridgehead atoms. The molecule has 5 nitrogen and oxygen atoms in total. The van der Waals surface area contributed by atoms with Crippen LogP contribution in [0.1, 0.15) is 20.8 Å². The van der Waals surface area contributed by atoms with Gasteiger partial charge in [0.2, 0.25) is 5.96 Å². The Bertz CT molecular complexity index is 239. The Morgan fingerprint density at radius 2 is 2.19 bits per heavy atom. The number of aliphatic imine (C=N–C) groups is 1. The Hall–Kier alpha value is -0.810. The summed E-state index contributed by atoms with van der Waals surface area (Å²) in [6.45, 7) is 10.4. The Kier molecular flexibility index (Phi) is 5.02. The molecule has 1 rings (SSSR count). The van der Waals surface area contributed by atoms with Crippen molar-refractivity contribution in [2.45, 2.75) is 26.8 Å². The van der Waals surface area contributed by atoms with Gasteiger partial charge in [-0.15, -0.1) is 0 Å². The lowest BCUT2D eigenvalue weighted by Gasteiger charge is -2.39. The van der Waals surface area contributed by atoms with Crippen LogP contribution in [0.4, 0.5) is 0 Å². The minimum atomic E-state index is 0.459. The Morgan fingerprint density at radius 3 is 2.69 bits per heavy atom. The van der Waals surface area contributed by atoms with Gasteiger partial charge < -0.3 is 9.80 Å². The highest BCUT2D eigenvalue weighted by Crippen LogP contribution is 2.08. The second-order valence-corrected chi connectivity index (χ2v) is 5.01. The molecule has 0 radical (unpaired) electrons. The molecule has 16 heavy (non-hydrogen) atoms. The third kappa shape index (κ3) is 3.64. The average Bonchev–Trinajstić information content (AvgIpc) is 2.21.